The van der Waals surface area contributed by atoms with E-state index in [1.807, 2.05) is 6.07 Å². The minimum absolute atomic E-state index is 0.0268. The van der Waals surface area contributed by atoms with Gasteiger partial charge < -0.3 is 20.2 Å². The molecule has 1 aliphatic heterocycles. The van der Waals surface area contributed by atoms with Crippen molar-refractivity contribution in [3.05, 3.63) is 57.9 Å². The Hall–Kier alpha value is -2.87. The number of carbonyl (C=O) groups is 2. The first kappa shape index (κ1) is 16.6. The van der Waals surface area contributed by atoms with E-state index in [0.717, 1.165) is 4.47 Å². The fourth-order valence-electron chi connectivity index (χ4n) is 3.64. The molecule has 26 heavy (non-hydrogen) atoms. The van der Waals surface area contributed by atoms with Crippen LogP contribution in [0.1, 0.15) is 18.2 Å². The minimum atomic E-state index is -1.46. The predicted molar refractivity (Wildman–Crippen MR) is 96.8 cm³/mol. The zero-order valence-electron chi connectivity index (χ0n) is 13.8. The number of nitrogens with two attached hydrogens (primary N) is 1. The van der Waals surface area contributed by atoms with Crippen molar-refractivity contribution in [3.8, 4) is 11.3 Å². The second kappa shape index (κ2) is 5.57. The van der Waals surface area contributed by atoms with Crippen molar-refractivity contribution >= 4 is 33.8 Å². The third-order valence-electron chi connectivity index (χ3n) is 4.56. The van der Waals surface area contributed by atoms with E-state index >= 15 is 0 Å². The number of aromatic nitrogens is 1. The molecule has 2 aliphatic rings. The van der Waals surface area contributed by atoms with E-state index in [1.54, 1.807) is 19.1 Å². The first-order chi connectivity index (χ1) is 12.4. The van der Waals surface area contributed by atoms with Crippen LogP contribution in [0.25, 0.3) is 11.3 Å². The van der Waals surface area contributed by atoms with Gasteiger partial charge in [0.15, 0.2) is 11.2 Å². The van der Waals surface area contributed by atoms with E-state index in [4.69, 9.17) is 14.9 Å². The molecular formula is C18H14BrN3O4. The van der Waals surface area contributed by atoms with Crippen LogP contribution in [0.5, 0.6) is 0 Å². The summed E-state index contributed by atoms with van der Waals surface area (Å²) in [5, 5.41) is 2.74. The number of nitrogens with one attached hydrogen (secondary N) is 1. The molecule has 0 bridgehead atoms. The van der Waals surface area contributed by atoms with Crippen LogP contribution < -0.4 is 11.1 Å². The number of halogens is 1. The second-order valence-corrected chi connectivity index (χ2v) is 6.93. The zero-order chi connectivity index (χ0) is 18.6. The van der Waals surface area contributed by atoms with Crippen LogP contribution in [0.15, 0.2) is 51.0 Å². The normalized spacial score (nSPS) is 20.2. The first-order valence-electron chi connectivity index (χ1n) is 7.79. The Bertz CT molecular complexity index is 1020. The van der Waals surface area contributed by atoms with Crippen molar-refractivity contribution in [1.82, 2.24) is 10.3 Å². The highest BCUT2D eigenvalue weighted by Gasteiger charge is 2.61. The maximum absolute atomic E-state index is 13.1. The summed E-state index contributed by atoms with van der Waals surface area (Å²) in [6.07, 6.45) is 1.46. The Labute approximate surface area is 157 Å². The van der Waals surface area contributed by atoms with Gasteiger partial charge in [-0.3, -0.25) is 4.79 Å². The van der Waals surface area contributed by atoms with Crippen molar-refractivity contribution in [2.45, 2.75) is 12.3 Å². The van der Waals surface area contributed by atoms with Gasteiger partial charge in [-0.15, -0.1) is 0 Å². The van der Waals surface area contributed by atoms with Gasteiger partial charge in [0.2, 0.25) is 5.91 Å². The lowest BCUT2D eigenvalue weighted by atomic mass is 9.75. The third-order valence-corrected chi connectivity index (χ3v) is 5.05. The molecule has 1 aromatic heterocycles. The van der Waals surface area contributed by atoms with Gasteiger partial charge in [-0.1, -0.05) is 28.6 Å². The van der Waals surface area contributed by atoms with Crippen LogP contribution in [0.4, 0.5) is 6.01 Å². The average Bonchev–Trinajstić information content (AvgIpc) is 3.17. The highest BCUT2D eigenvalue weighted by Crippen LogP contribution is 2.56. The summed E-state index contributed by atoms with van der Waals surface area (Å²) in [6.45, 7) is 5.22. The van der Waals surface area contributed by atoms with Gasteiger partial charge >= 0.3 is 5.97 Å². The average molecular weight is 416 g/mol. The predicted octanol–water partition coefficient (Wildman–Crippen LogP) is 2.42. The molecule has 2 aromatic rings. The summed E-state index contributed by atoms with van der Waals surface area (Å²) < 4.78 is 11.5. The number of carbonyl (C=O) groups excluding carboxylic acids is 2. The Morgan fingerprint density at radius 1 is 1.54 bits per heavy atom. The lowest BCUT2D eigenvalue weighted by Gasteiger charge is -2.24. The molecule has 1 amide bonds. The van der Waals surface area contributed by atoms with E-state index in [1.165, 1.54) is 6.08 Å². The first-order valence-corrected chi connectivity index (χ1v) is 8.58. The quantitative estimate of drug-likeness (QED) is 0.588. The van der Waals surface area contributed by atoms with Gasteiger partial charge in [0, 0.05) is 15.7 Å². The number of rotatable bonds is 3. The SMILES string of the molecule is C=CCOC(=O)C1=C(C)NC(=O)C12c1cc(Br)ccc1-c1oc(N)nc12. The number of hydrogen-bond acceptors (Lipinski definition) is 6. The van der Waals surface area contributed by atoms with Gasteiger partial charge in [-0.05, 0) is 30.7 Å². The molecule has 1 aromatic carbocycles. The zero-order valence-corrected chi connectivity index (χ0v) is 15.3. The largest absolute Gasteiger partial charge is 0.458 e. The number of esters is 1. The molecule has 3 N–H and O–H groups in total. The number of allylic oxidation sites excluding steroid dienone is 1. The third kappa shape index (κ3) is 1.96. The fraction of sp³-hybridized carbons (Fsp3) is 0.167. The number of nitrogen functional groups attached to an aromatic ring is 1. The Morgan fingerprint density at radius 3 is 3.04 bits per heavy atom. The number of benzene rings is 1. The molecule has 0 radical (unpaired) electrons. The minimum Gasteiger partial charge on any atom is -0.458 e. The summed E-state index contributed by atoms with van der Waals surface area (Å²) in [5.74, 6) is -0.642. The Kier molecular flexibility index (Phi) is 3.55. The number of nitrogens with zero attached hydrogens (tertiary/aromatic N) is 1. The molecule has 1 spiro atoms. The molecule has 8 heteroatoms. The Balaban J connectivity index is 2.04. The lowest BCUT2D eigenvalue weighted by Crippen LogP contribution is -2.40. The molecular weight excluding hydrogens is 402 g/mol. The number of fused-ring (bicyclic) bond motifs is 5. The molecule has 1 atom stereocenters. The van der Waals surface area contributed by atoms with Gasteiger partial charge in [0.25, 0.3) is 6.01 Å². The van der Waals surface area contributed by atoms with Gasteiger partial charge in [0.05, 0.1) is 5.57 Å². The lowest BCUT2D eigenvalue weighted by molar-refractivity contribution is -0.139. The summed E-state index contributed by atoms with van der Waals surface area (Å²) in [5.41, 5.74) is 6.41. The van der Waals surface area contributed by atoms with E-state index in [2.05, 4.69) is 32.8 Å². The van der Waals surface area contributed by atoms with Crippen molar-refractivity contribution in [2.75, 3.05) is 12.3 Å². The van der Waals surface area contributed by atoms with E-state index in [-0.39, 0.29) is 18.2 Å². The van der Waals surface area contributed by atoms with Crippen LogP contribution in [-0.4, -0.2) is 23.5 Å². The summed E-state index contributed by atoms with van der Waals surface area (Å²) in [7, 11) is 0. The molecule has 1 aliphatic carbocycles. The number of oxazole rings is 1. The molecule has 1 unspecified atom stereocenters. The number of amides is 1. The van der Waals surface area contributed by atoms with E-state index < -0.39 is 17.3 Å². The van der Waals surface area contributed by atoms with Crippen LogP contribution >= 0.6 is 15.9 Å². The van der Waals surface area contributed by atoms with Gasteiger partial charge in [0.1, 0.15) is 12.3 Å². The molecule has 0 saturated carbocycles. The standard InChI is InChI=1S/C18H14BrN3O4/c1-3-6-25-15(23)12-8(2)21-16(24)18(12)11-7-9(19)4-5-10(11)13-14(18)22-17(20)26-13/h3-5,7H,1,6H2,2H3,(H2,20,22)(H,21,24). The van der Waals surface area contributed by atoms with E-state index in [9.17, 15) is 9.59 Å². The Morgan fingerprint density at radius 2 is 2.31 bits per heavy atom. The molecule has 132 valence electrons. The number of anilines is 1. The summed E-state index contributed by atoms with van der Waals surface area (Å²) >= 11 is 3.42. The van der Waals surface area contributed by atoms with Crippen molar-refractivity contribution < 1.29 is 18.7 Å². The number of hydrogen-bond donors (Lipinski definition) is 2. The molecule has 0 saturated heterocycles. The summed E-state index contributed by atoms with van der Waals surface area (Å²) in [4.78, 5) is 30.2. The molecule has 2 heterocycles. The maximum atomic E-state index is 13.1. The van der Waals surface area contributed by atoms with E-state index in [0.29, 0.717) is 28.3 Å². The number of ether oxygens (including phenoxy) is 1. The van der Waals surface area contributed by atoms with Crippen molar-refractivity contribution in [1.29, 1.82) is 0 Å². The smallest absolute Gasteiger partial charge is 0.337 e. The van der Waals surface area contributed by atoms with Crippen LogP contribution in [0.2, 0.25) is 0 Å². The summed E-state index contributed by atoms with van der Waals surface area (Å²) in [6, 6.07) is 5.32. The molecule has 7 nitrogen and oxygen atoms in total. The van der Waals surface area contributed by atoms with Crippen LogP contribution in [0.3, 0.4) is 0 Å². The molecule has 0 fully saturated rings. The highest BCUT2D eigenvalue weighted by atomic mass is 79.9. The molecule has 4 rings (SSSR count). The second-order valence-electron chi connectivity index (χ2n) is 6.01. The van der Waals surface area contributed by atoms with Crippen molar-refractivity contribution in [3.63, 3.8) is 0 Å². The van der Waals surface area contributed by atoms with Gasteiger partial charge in [-0.2, -0.15) is 4.98 Å². The van der Waals surface area contributed by atoms with Crippen LogP contribution in [0, 0.1) is 0 Å². The van der Waals surface area contributed by atoms with Gasteiger partial charge in [-0.25, -0.2) is 4.79 Å². The maximum Gasteiger partial charge on any atom is 0.337 e. The topological polar surface area (TPSA) is 107 Å². The highest BCUT2D eigenvalue weighted by molar-refractivity contribution is 9.10. The monoisotopic (exact) mass is 415 g/mol. The fourth-order valence-corrected chi connectivity index (χ4v) is 4.00. The van der Waals surface area contributed by atoms with Crippen LogP contribution in [-0.2, 0) is 19.7 Å². The van der Waals surface area contributed by atoms with Crippen molar-refractivity contribution in [2.24, 2.45) is 0 Å².